The van der Waals surface area contributed by atoms with Crippen LogP contribution >= 0.6 is 11.6 Å². The van der Waals surface area contributed by atoms with Gasteiger partial charge in [0, 0.05) is 30.1 Å². The van der Waals surface area contributed by atoms with Crippen molar-refractivity contribution in [3.63, 3.8) is 0 Å². The number of aromatic nitrogens is 1. The number of carbonyl (C=O) groups excluding carboxylic acids is 1. The molecule has 0 bridgehead atoms. The number of anilines is 1. The van der Waals surface area contributed by atoms with Crippen LogP contribution in [0.1, 0.15) is 48.9 Å². The number of Topliss-reactive ketones (excluding diaryl/α,β-unsaturated/α-hetero) is 1. The van der Waals surface area contributed by atoms with Crippen LogP contribution in [0.3, 0.4) is 0 Å². The summed E-state index contributed by atoms with van der Waals surface area (Å²) in [6.07, 6.45) is 8.32. The van der Waals surface area contributed by atoms with Gasteiger partial charge in [-0.05, 0) is 93.9 Å². The van der Waals surface area contributed by atoms with Gasteiger partial charge in [-0.15, -0.1) is 0 Å². The molecule has 0 atom stereocenters. The summed E-state index contributed by atoms with van der Waals surface area (Å²) >= 11 is 6.11. The van der Waals surface area contributed by atoms with Crippen molar-refractivity contribution >= 4 is 34.0 Å². The first-order valence-corrected chi connectivity index (χ1v) is 12.8. The molecular weight excluding hydrogens is 462 g/mol. The standard InChI is InChI=1S/C28H32ClN3O3/c1-32(2)20-8-3-16(4-9-20)14-31-26-21-11-18(19-12-23(29)28(35)25(33)13-19)7-10-24(21)30-15-22(26)27(34)17-5-6-17/h7,10-13,15-17,20,33,35H,3-6,8-9,14H2,1-2H3,(H,30,31). The number of aromatic hydroxyl groups is 2. The average Bonchev–Trinajstić information content (AvgIpc) is 3.70. The predicted octanol–water partition coefficient (Wildman–Crippen LogP) is 6.09. The Hall–Kier alpha value is -2.83. The molecule has 0 unspecified atom stereocenters. The second kappa shape index (κ2) is 9.67. The van der Waals surface area contributed by atoms with Gasteiger partial charge in [-0.1, -0.05) is 17.7 Å². The van der Waals surface area contributed by atoms with Crippen LogP contribution in [0.2, 0.25) is 5.02 Å². The van der Waals surface area contributed by atoms with Crippen LogP contribution in [-0.2, 0) is 0 Å². The molecule has 0 saturated heterocycles. The molecule has 0 radical (unpaired) electrons. The maximum atomic E-state index is 13.2. The van der Waals surface area contributed by atoms with E-state index in [-0.39, 0.29) is 28.2 Å². The van der Waals surface area contributed by atoms with Gasteiger partial charge in [0.1, 0.15) is 0 Å². The second-order valence-electron chi connectivity index (χ2n) is 10.3. The lowest BCUT2D eigenvalue weighted by atomic mass is 9.85. The van der Waals surface area contributed by atoms with Crippen LogP contribution in [0.25, 0.3) is 22.0 Å². The molecule has 35 heavy (non-hydrogen) atoms. The minimum Gasteiger partial charge on any atom is -0.504 e. The lowest BCUT2D eigenvalue weighted by molar-refractivity contribution is 0.0968. The smallest absolute Gasteiger partial charge is 0.176 e. The van der Waals surface area contributed by atoms with Gasteiger partial charge in [0.2, 0.25) is 0 Å². The highest BCUT2D eigenvalue weighted by molar-refractivity contribution is 6.32. The van der Waals surface area contributed by atoms with Crippen molar-refractivity contribution in [2.75, 3.05) is 26.0 Å². The average molecular weight is 494 g/mol. The third-order valence-corrected chi connectivity index (χ3v) is 7.86. The number of fused-ring (bicyclic) bond motifs is 1. The van der Waals surface area contributed by atoms with Crippen molar-refractivity contribution < 1.29 is 15.0 Å². The van der Waals surface area contributed by atoms with Crippen molar-refractivity contribution in [1.82, 2.24) is 9.88 Å². The minimum absolute atomic E-state index is 0.0857. The van der Waals surface area contributed by atoms with E-state index >= 15 is 0 Å². The number of phenolic OH excluding ortho intramolecular Hbond substituents is 2. The van der Waals surface area contributed by atoms with Crippen LogP contribution in [0.4, 0.5) is 5.69 Å². The van der Waals surface area contributed by atoms with Crippen LogP contribution < -0.4 is 5.32 Å². The first kappa shape index (κ1) is 23.9. The zero-order valence-corrected chi connectivity index (χ0v) is 21.0. The molecule has 7 heteroatoms. The number of carbonyl (C=O) groups is 1. The number of nitrogens with one attached hydrogen (secondary N) is 1. The van der Waals surface area contributed by atoms with Gasteiger partial charge in [0.05, 0.1) is 21.8 Å². The van der Waals surface area contributed by atoms with E-state index in [1.165, 1.54) is 31.7 Å². The third kappa shape index (κ3) is 4.95. The molecule has 6 nitrogen and oxygen atoms in total. The second-order valence-corrected chi connectivity index (χ2v) is 10.7. The molecule has 2 aliphatic rings. The van der Waals surface area contributed by atoms with E-state index in [9.17, 15) is 15.0 Å². The molecule has 2 fully saturated rings. The number of pyridine rings is 1. The number of phenols is 2. The van der Waals surface area contributed by atoms with Crippen LogP contribution in [0.5, 0.6) is 11.5 Å². The van der Waals surface area contributed by atoms with E-state index < -0.39 is 0 Å². The van der Waals surface area contributed by atoms with E-state index in [0.29, 0.717) is 23.1 Å². The van der Waals surface area contributed by atoms with Gasteiger partial charge in [-0.2, -0.15) is 0 Å². The van der Waals surface area contributed by atoms with E-state index in [2.05, 4.69) is 29.3 Å². The molecule has 2 saturated carbocycles. The van der Waals surface area contributed by atoms with Crippen molar-refractivity contribution in [3.05, 3.63) is 47.1 Å². The number of ketones is 1. The molecule has 0 aliphatic heterocycles. The van der Waals surface area contributed by atoms with Crippen molar-refractivity contribution in [1.29, 1.82) is 0 Å². The molecule has 3 aromatic rings. The Labute approximate surface area is 210 Å². The van der Waals surface area contributed by atoms with E-state index in [1.807, 2.05) is 18.2 Å². The normalized spacial score (nSPS) is 20.3. The van der Waals surface area contributed by atoms with E-state index in [1.54, 1.807) is 12.3 Å². The number of rotatable bonds is 7. The molecule has 1 aromatic heterocycles. The Balaban J connectivity index is 1.50. The van der Waals surface area contributed by atoms with Crippen LogP contribution in [-0.4, -0.2) is 52.6 Å². The molecule has 184 valence electrons. The largest absolute Gasteiger partial charge is 0.504 e. The molecular formula is C28H32ClN3O3. The van der Waals surface area contributed by atoms with Crippen LogP contribution in [0.15, 0.2) is 36.5 Å². The number of benzene rings is 2. The quantitative estimate of drug-likeness (QED) is 0.273. The molecule has 0 spiro atoms. The third-order valence-electron chi connectivity index (χ3n) is 7.57. The molecule has 3 N–H and O–H groups in total. The Bertz CT molecular complexity index is 1240. The fourth-order valence-corrected chi connectivity index (χ4v) is 5.39. The van der Waals surface area contributed by atoms with Crippen LogP contribution in [0, 0.1) is 11.8 Å². The molecule has 2 aromatic carbocycles. The Morgan fingerprint density at radius 3 is 2.46 bits per heavy atom. The number of hydrogen-bond acceptors (Lipinski definition) is 6. The van der Waals surface area contributed by atoms with Gasteiger partial charge in [-0.25, -0.2) is 0 Å². The summed E-state index contributed by atoms with van der Waals surface area (Å²) in [4.78, 5) is 20.1. The summed E-state index contributed by atoms with van der Waals surface area (Å²) < 4.78 is 0. The highest BCUT2D eigenvalue weighted by atomic mass is 35.5. The Morgan fingerprint density at radius 1 is 1.06 bits per heavy atom. The summed E-state index contributed by atoms with van der Waals surface area (Å²) in [7, 11) is 4.31. The highest BCUT2D eigenvalue weighted by Gasteiger charge is 2.33. The summed E-state index contributed by atoms with van der Waals surface area (Å²) in [6.45, 7) is 0.820. The Morgan fingerprint density at radius 2 is 1.80 bits per heavy atom. The SMILES string of the molecule is CN(C)C1CCC(CNc2c(C(=O)C3CC3)cnc3ccc(-c4cc(O)c(O)c(Cl)c4)cc23)CC1. The van der Waals surface area contributed by atoms with Gasteiger partial charge in [0.25, 0.3) is 0 Å². The summed E-state index contributed by atoms with van der Waals surface area (Å²) in [5, 5.41) is 24.5. The van der Waals surface area contributed by atoms with E-state index in [4.69, 9.17) is 11.6 Å². The van der Waals surface area contributed by atoms with Crippen molar-refractivity contribution in [2.24, 2.45) is 11.8 Å². The lowest BCUT2D eigenvalue weighted by Crippen LogP contribution is -2.33. The topological polar surface area (TPSA) is 85.7 Å². The monoisotopic (exact) mass is 493 g/mol. The maximum Gasteiger partial charge on any atom is 0.176 e. The van der Waals surface area contributed by atoms with Gasteiger partial charge >= 0.3 is 0 Å². The molecule has 0 amide bonds. The number of nitrogens with zero attached hydrogens (tertiary/aromatic N) is 2. The zero-order valence-electron chi connectivity index (χ0n) is 20.2. The van der Waals surface area contributed by atoms with Crippen molar-refractivity contribution in [2.45, 2.75) is 44.6 Å². The van der Waals surface area contributed by atoms with Gasteiger partial charge in [-0.3, -0.25) is 9.78 Å². The summed E-state index contributed by atoms with van der Waals surface area (Å²) in [5.41, 5.74) is 3.80. The first-order valence-electron chi connectivity index (χ1n) is 12.4. The molecule has 5 rings (SSSR count). The predicted molar refractivity (Wildman–Crippen MR) is 140 cm³/mol. The fourth-order valence-electron chi connectivity index (χ4n) is 5.18. The number of hydrogen-bond donors (Lipinski definition) is 3. The van der Waals surface area contributed by atoms with E-state index in [0.717, 1.165) is 41.5 Å². The maximum absolute atomic E-state index is 13.2. The summed E-state index contributed by atoms with van der Waals surface area (Å²) in [5.74, 6) is 0.223. The highest BCUT2D eigenvalue weighted by Crippen LogP contribution is 2.40. The van der Waals surface area contributed by atoms with Gasteiger partial charge in [0.15, 0.2) is 17.3 Å². The summed E-state index contributed by atoms with van der Waals surface area (Å²) in [6, 6.07) is 9.58. The van der Waals surface area contributed by atoms with Gasteiger partial charge < -0.3 is 20.4 Å². The number of halogens is 1. The first-order chi connectivity index (χ1) is 16.8. The lowest BCUT2D eigenvalue weighted by Gasteiger charge is -2.33. The molecule has 1 heterocycles. The minimum atomic E-state index is -0.332. The molecule has 2 aliphatic carbocycles. The van der Waals surface area contributed by atoms with Crippen molar-refractivity contribution in [3.8, 4) is 22.6 Å². The Kier molecular flexibility index (Phi) is 6.60. The fraction of sp³-hybridized carbons (Fsp3) is 0.429. The zero-order chi connectivity index (χ0) is 24.7.